The molecule has 0 saturated carbocycles. The SMILES string of the molecule is CC[C@H](C)C(=O)O[C@H]1C[C@@H](C)C=C2C=C[C@H](C)[C@H](CC[C@@H]3C[C@@H](O)CC(=O)O3)[C@H]21.[CaH2]. The van der Waals surface area contributed by atoms with Gasteiger partial charge >= 0.3 is 49.7 Å². The topological polar surface area (TPSA) is 72.8 Å². The molecule has 1 saturated heterocycles. The van der Waals surface area contributed by atoms with Gasteiger partial charge in [-0.05, 0) is 49.0 Å². The van der Waals surface area contributed by atoms with E-state index in [0.717, 1.165) is 25.7 Å². The zero-order valence-corrected chi connectivity index (χ0v) is 18.2. The van der Waals surface area contributed by atoms with Crippen molar-refractivity contribution >= 4 is 49.7 Å². The Morgan fingerprint density at radius 2 is 2.03 bits per heavy atom. The first kappa shape index (κ1) is 25.9. The van der Waals surface area contributed by atoms with Gasteiger partial charge in [-0.3, -0.25) is 9.59 Å². The first-order valence-electron chi connectivity index (χ1n) is 11.3. The van der Waals surface area contributed by atoms with Gasteiger partial charge in [0.1, 0.15) is 12.2 Å². The van der Waals surface area contributed by atoms with Gasteiger partial charge in [0, 0.05) is 12.3 Å². The van der Waals surface area contributed by atoms with Crippen LogP contribution in [0, 0.1) is 29.6 Å². The van der Waals surface area contributed by atoms with Gasteiger partial charge < -0.3 is 14.6 Å². The summed E-state index contributed by atoms with van der Waals surface area (Å²) in [4.78, 5) is 24.2. The summed E-state index contributed by atoms with van der Waals surface area (Å²) in [6, 6.07) is 0. The maximum absolute atomic E-state index is 12.5. The van der Waals surface area contributed by atoms with Crippen LogP contribution in [0.2, 0.25) is 0 Å². The predicted octanol–water partition coefficient (Wildman–Crippen LogP) is 3.28. The van der Waals surface area contributed by atoms with E-state index in [1.54, 1.807) is 0 Å². The third-order valence-electron chi connectivity index (χ3n) is 6.93. The summed E-state index contributed by atoms with van der Waals surface area (Å²) in [5.74, 6) is 0.755. The molecule has 0 aromatic rings. The van der Waals surface area contributed by atoms with Gasteiger partial charge in [0.05, 0.1) is 18.4 Å². The van der Waals surface area contributed by atoms with Crippen molar-refractivity contribution in [2.75, 3.05) is 0 Å². The number of aliphatic hydroxyl groups excluding tert-OH is 1. The van der Waals surface area contributed by atoms with Gasteiger partial charge in [-0.25, -0.2) is 0 Å². The Morgan fingerprint density at radius 1 is 1.30 bits per heavy atom. The number of ether oxygens (including phenoxy) is 2. The van der Waals surface area contributed by atoms with E-state index in [1.165, 1.54) is 5.57 Å². The van der Waals surface area contributed by atoms with E-state index in [-0.39, 0.29) is 80.1 Å². The molecule has 5 nitrogen and oxygen atoms in total. The molecule has 1 aliphatic heterocycles. The molecular formula is C24H38CaO5. The molecule has 0 radical (unpaired) electrons. The number of carbonyl (C=O) groups is 2. The normalized spacial score (nSPS) is 36.6. The molecular weight excluding hydrogens is 408 g/mol. The predicted molar refractivity (Wildman–Crippen MR) is 119 cm³/mol. The molecule has 6 heteroatoms. The standard InChI is InChI=1S/C24H36O5.Ca.2H/c1-5-15(3)24(27)29-21-11-14(2)10-17-7-6-16(4)20(23(17)21)9-8-19-12-18(25)13-22(26)28-19;;;/h6-7,10,14-16,18-21,23,25H,5,8-9,11-13H2,1-4H3;;;/t14-,15-,16-,18+,19+,20-,21-,23-;;;/m0.../s1. The Labute approximate surface area is 210 Å². The van der Waals surface area contributed by atoms with Gasteiger partial charge in [0.15, 0.2) is 0 Å². The van der Waals surface area contributed by atoms with E-state index in [0.29, 0.717) is 24.2 Å². The second kappa shape index (κ2) is 11.5. The number of hydrogen-bond donors (Lipinski definition) is 1. The zero-order chi connectivity index (χ0) is 21.1. The molecule has 0 spiro atoms. The molecule has 1 N–H and O–H groups in total. The van der Waals surface area contributed by atoms with E-state index < -0.39 is 6.10 Å². The van der Waals surface area contributed by atoms with Crippen LogP contribution in [0.1, 0.15) is 66.2 Å². The van der Waals surface area contributed by atoms with E-state index in [2.05, 4.69) is 32.1 Å². The number of hydrogen-bond acceptors (Lipinski definition) is 5. The second-order valence-corrected chi connectivity index (χ2v) is 9.36. The van der Waals surface area contributed by atoms with Crippen LogP contribution < -0.4 is 0 Å². The van der Waals surface area contributed by atoms with Crippen LogP contribution in [0.15, 0.2) is 23.8 Å². The molecule has 8 atom stereocenters. The van der Waals surface area contributed by atoms with Crippen molar-refractivity contribution in [3.63, 3.8) is 0 Å². The molecule has 0 unspecified atom stereocenters. The van der Waals surface area contributed by atoms with E-state index >= 15 is 0 Å². The number of carbonyl (C=O) groups excluding carboxylic acids is 2. The van der Waals surface area contributed by atoms with Gasteiger partial charge in [-0.1, -0.05) is 45.9 Å². The van der Waals surface area contributed by atoms with E-state index in [4.69, 9.17) is 9.47 Å². The van der Waals surface area contributed by atoms with Crippen LogP contribution >= 0.6 is 0 Å². The van der Waals surface area contributed by atoms with E-state index in [9.17, 15) is 14.7 Å². The van der Waals surface area contributed by atoms with Crippen molar-refractivity contribution in [3.8, 4) is 0 Å². The second-order valence-electron chi connectivity index (χ2n) is 9.36. The summed E-state index contributed by atoms with van der Waals surface area (Å²) >= 11 is 0. The van der Waals surface area contributed by atoms with Crippen molar-refractivity contribution in [2.24, 2.45) is 29.6 Å². The first-order valence-corrected chi connectivity index (χ1v) is 11.3. The molecule has 166 valence electrons. The van der Waals surface area contributed by atoms with Crippen molar-refractivity contribution in [3.05, 3.63) is 23.8 Å². The first-order chi connectivity index (χ1) is 13.8. The number of cyclic esters (lactones) is 1. The van der Waals surface area contributed by atoms with Crippen LogP contribution in [0.3, 0.4) is 0 Å². The Kier molecular flexibility index (Phi) is 9.92. The fourth-order valence-corrected chi connectivity index (χ4v) is 5.07. The molecule has 3 aliphatic rings. The van der Waals surface area contributed by atoms with Crippen molar-refractivity contribution in [1.29, 1.82) is 0 Å². The fourth-order valence-electron chi connectivity index (χ4n) is 5.07. The fraction of sp³-hybridized carbons (Fsp3) is 0.750. The zero-order valence-electron chi connectivity index (χ0n) is 18.2. The van der Waals surface area contributed by atoms with Crippen LogP contribution in [-0.4, -0.2) is 73.1 Å². The molecule has 2 aliphatic carbocycles. The Balaban J connectivity index is 0.00000320. The molecule has 30 heavy (non-hydrogen) atoms. The third kappa shape index (κ3) is 6.34. The Morgan fingerprint density at radius 3 is 2.70 bits per heavy atom. The van der Waals surface area contributed by atoms with Crippen LogP contribution in [0.25, 0.3) is 0 Å². The van der Waals surface area contributed by atoms with Crippen molar-refractivity contribution in [1.82, 2.24) is 0 Å². The maximum atomic E-state index is 12.5. The molecule has 1 heterocycles. The van der Waals surface area contributed by atoms with E-state index in [1.807, 2.05) is 13.8 Å². The summed E-state index contributed by atoms with van der Waals surface area (Å²) in [7, 11) is 0. The number of rotatable bonds is 6. The molecule has 0 aromatic carbocycles. The number of esters is 2. The van der Waals surface area contributed by atoms with Gasteiger partial charge in [0.25, 0.3) is 0 Å². The van der Waals surface area contributed by atoms with Crippen molar-refractivity contribution < 1.29 is 24.2 Å². The molecule has 0 aromatic heterocycles. The summed E-state index contributed by atoms with van der Waals surface area (Å²) in [6.07, 6.45) is 9.70. The third-order valence-corrected chi connectivity index (χ3v) is 6.93. The monoisotopic (exact) mass is 446 g/mol. The average Bonchev–Trinajstić information content (AvgIpc) is 2.65. The molecule has 0 amide bonds. The molecule has 1 fully saturated rings. The van der Waals surface area contributed by atoms with Gasteiger partial charge in [-0.2, -0.15) is 0 Å². The summed E-state index contributed by atoms with van der Waals surface area (Å²) in [6.45, 7) is 8.33. The number of aliphatic hydroxyl groups is 1. The minimum atomic E-state index is -0.597. The molecule has 0 bridgehead atoms. The quantitative estimate of drug-likeness (QED) is 0.501. The molecule has 3 rings (SSSR count). The minimum absolute atomic E-state index is 0. The van der Waals surface area contributed by atoms with Gasteiger partial charge in [-0.15, -0.1) is 0 Å². The van der Waals surface area contributed by atoms with Crippen LogP contribution in [0.4, 0.5) is 0 Å². The Hall–Kier alpha value is -0.360. The van der Waals surface area contributed by atoms with Gasteiger partial charge in [0.2, 0.25) is 0 Å². The summed E-state index contributed by atoms with van der Waals surface area (Å²) in [5.41, 5.74) is 1.27. The van der Waals surface area contributed by atoms with Crippen LogP contribution in [0.5, 0.6) is 0 Å². The van der Waals surface area contributed by atoms with Crippen LogP contribution in [-0.2, 0) is 19.1 Å². The number of allylic oxidation sites excluding steroid dienone is 3. The Bertz CT molecular complexity index is 673. The average molecular weight is 447 g/mol. The summed E-state index contributed by atoms with van der Waals surface area (Å²) < 4.78 is 11.5. The number of fused-ring (bicyclic) bond motifs is 1. The van der Waals surface area contributed by atoms with Crippen molar-refractivity contribution in [2.45, 2.75) is 84.5 Å². The summed E-state index contributed by atoms with van der Waals surface area (Å²) in [5, 5.41) is 9.89.